The maximum Gasteiger partial charge on any atom is 0.140 e. The molecule has 74 valence electrons. The Morgan fingerprint density at radius 3 is 2.71 bits per heavy atom. The van der Waals surface area contributed by atoms with Gasteiger partial charge < -0.3 is 4.40 Å². The molecule has 2 aromatic heterocycles. The molecule has 2 heterocycles. The maximum absolute atomic E-state index is 13.3. The van der Waals surface area contributed by atoms with E-state index in [0.29, 0.717) is 0 Å². The Hall–Kier alpha value is -1.38. The number of pyridine rings is 1. The molecule has 2 rings (SSSR count). The maximum atomic E-state index is 13.3. The highest BCUT2D eigenvalue weighted by molar-refractivity contribution is 5.51. The fraction of sp³-hybridized carbons (Fsp3) is 0.364. The molecule has 0 fully saturated rings. The highest BCUT2D eigenvalue weighted by Crippen LogP contribution is 2.26. The van der Waals surface area contributed by atoms with Gasteiger partial charge in [-0.1, -0.05) is 20.8 Å². The van der Waals surface area contributed by atoms with Crippen LogP contribution >= 0.6 is 0 Å². The summed E-state index contributed by atoms with van der Waals surface area (Å²) in [4.78, 5) is 4.22. The minimum Gasteiger partial charge on any atom is -0.304 e. The van der Waals surface area contributed by atoms with Gasteiger partial charge in [0, 0.05) is 24.2 Å². The van der Waals surface area contributed by atoms with Crippen LogP contribution in [0.5, 0.6) is 0 Å². The van der Waals surface area contributed by atoms with Gasteiger partial charge in [-0.3, -0.25) is 0 Å². The molecular formula is C11H13FN2. The summed E-state index contributed by atoms with van der Waals surface area (Å²) in [5, 5.41) is 0. The second kappa shape index (κ2) is 2.80. The summed E-state index contributed by atoms with van der Waals surface area (Å²) in [5.41, 5.74) is 1.68. The van der Waals surface area contributed by atoms with Crippen molar-refractivity contribution in [1.29, 1.82) is 0 Å². The predicted molar refractivity (Wildman–Crippen MR) is 53.9 cm³/mol. The third kappa shape index (κ3) is 1.39. The van der Waals surface area contributed by atoms with Crippen LogP contribution in [0.15, 0.2) is 24.7 Å². The number of hydrogen-bond acceptors (Lipinski definition) is 1. The number of hydrogen-bond donors (Lipinski definition) is 0. The van der Waals surface area contributed by atoms with Crippen molar-refractivity contribution in [2.75, 3.05) is 0 Å². The van der Waals surface area contributed by atoms with Crippen molar-refractivity contribution in [3.05, 3.63) is 36.0 Å². The van der Waals surface area contributed by atoms with E-state index in [1.54, 1.807) is 22.9 Å². The lowest BCUT2D eigenvalue weighted by atomic mass is 9.88. The molecule has 14 heavy (non-hydrogen) atoms. The molecule has 0 N–H and O–H groups in total. The molecule has 0 spiro atoms. The first-order valence-corrected chi connectivity index (χ1v) is 4.61. The lowest BCUT2D eigenvalue weighted by molar-refractivity contribution is 0.569. The second-order valence-corrected chi connectivity index (χ2v) is 4.48. The summed E-state index contributed by atoms with van der Waals surface area (Å²) in [6.07, 6.45) is 4.88. The number of rotatable bonds is 0. The Balaban J connectivity index is 2.80. The highest BCUT2D eigenvalue weighted by atomic mass is 19.1. The van der Waals surface area contributed by atoms with E-state index in [9.17, 15) is 4.39 Å². The first-order valence-electron chi connectivity index (χ1n) is 4.61. The normalized spacial score (nSPS) is 12.3. The van der Waals surface area contributed by atoms with Gasteiger partial charge in [-0.2, -0.15) is 0 Å². The van der Waals surface area contributed by atoms with Crippen LogP contribution in [0.25, 0.3) is 5.65 Å². The van der Waals surface area contributed by atoms with E-state index in [2.05, 4.69) is 25.8 Å². The van der Waals surface area contributed by atoms with E-state index in [-0.39, 0.29) is 11.2 Å². The number of halogens is 1. The van der Waals surface area contributed by atoms with Crippen LogP contribution in [0, 0.1) is 5.82 Å². The molecule has 0 amide bonds. The average molecular weight is 192 g/mol. The lowest BCUT2D eigenvalue weighted by Crippen LogP contribution is -2.13. The summed E-state index contributed by atoms with van der Waals surface area (Å²) in [7, 11) is 0. The van der Waals surface area contributed by atoms with Crippen molar-refractivity contribution in [3.63, 3.8) is 0 Å². The zero-order valence-electron chi connectivity index (χ0n) is 8.58. The van der Waals surface area contributed by atoms with Gasteiger partial charge >= 0.3 is 0 Å². The first kappa shape index (κ1) is 9.19. The van der Waals surface area contributed by atoms with Crippen molar-refractivity contribution >= 4 is 5.65 Å². The van der Waals surface area contributed by atoms with Gasteiger partial charge in [-0.05, 0) is 11.5 Å². The van der Waals surface area contributed by atoms with Gasteiger partial charge in [0.1, 0.15) is 11.5 Å². The molecule has 0 saturated heterocycles. The van der Waals surface area contributed by atoms with E-state index < -0.39 is 0 Å². The van der Waals surface area contributed by atoms with E-state index in [1.165, 1.54) is 6.20 Å². The minimum atomic E-state index is -0.222. The average Bonchev–Trinajstić information content (AvgIpc) is 2.47. The van der Waals surface area contributed by atoms with Crippen LogP contribution in [-0.4, -0.2) is 9.38 Å². The number of nitrogens with zero attached hydrogens (tertiary/aromatic N) is 2. The van der Waals surface area contributed by atoms with Gasteiger partial charge in [0.05, 0.1) is 0 Å². The SMILES string of the molecule is CC(C)(C)c1cc(F)cn2ccnc12. The fourth-order valence-corrected chi connectivity index (χ4v) is 1.55. The summed E-state index contributed by atoms with van der Waals surface area (Å²) < 4.78 is 15.0. The third-order valence-electron chi connectivity index (χ3n) is 2.26. The number of fused-ring (bicyclic) bond motifs is 1. The minimum absolute atomic E-state index is 0.0886. The van der Waals surface area contributed by atoms with Crippen molar-refractivity contribution in [2.24, 2.45) is 0 Å². The van der Waals surface area contributed by atoms with Crippen LogP contribution in [0.1, 0.15) is 26.3 Å². The summed E-state index contributed by atoms with van der Waals surface area (Å²) in [6.45, 7) is 6.16. The van der Waals surface area contributed by atoms with Crippen LogP contribution in [-0.2, 0) is 5.41 Å². The summed E-state index contributed by atoms with van der Waals surface area (Å²) in [5.74, 6) is -0.222. The zero-order chi connectivity index (χ0) is 10.3. The molecule has 0 bridgehead atoms. The van der Waals surface area contributed by atoms with E-state index in [1.807, 2.05) is 0 Å². The quantitative estimate of drug-likeness (QED) is 0.627. The van der Waals surface area contributed by atoms with E-state index >= 15 is 0 Å². The molecule has 0 atom stereocenters. The topological polar surface area (TPSA) is 17.3 Å². The Bertz CT molecular complexity index is 466. The molecule has 0 radical (unpaired) electrons. The molecule has 0 aliphatic carbocycles. The van der Waals surface area contributed by atoms with Gasteiger partial charge in [0.25, 0.3) is 0 Å². The highest BCUT2D eigenvalue weighted by Gasteiger charge is 2.19. The molecule has 0 aliphatic rings. The fourth-order valence-electron chi connectivity index (χ4n) is 1.55. The molecular weight excluding hydrogens is 179 g/mol. The number of aromatic nitrogens is 2. The van der Waals surface area contributed by atoms with E-state index in [0.717, 1.165) is 11.2 Å². The van der Waals surface area contributed by atoms with Crippen LogP contribution in [0.3, 0.4) is 0 Å². The predicted octanol–water partition coefficient (Wildman–Crippen LogP) is 2.77. The largest absolute Gasteiger partial charge is 0.304 e. The molecule has 0 unspecified atom stereocenters. The van der Waals surface area contributed by atoms with Crippen LogP contribution < -0.4 is 0 Å². The zero-order valence-corrected chi connectivity index (χ0v) is 8.58. The second-order valence-electron chi connectivity index (χ2n) is 4.48. The Kier molecular flexibility index (Phi) is 1.84. The van der Waals surface area contributed by atoms with Crippen molar-refractivity contribution in [3.8, 4) is 0 Å². The Morgan fingerprint density at radius 2 is 2.07 bits per heavy atom. The molecule has 0 aromatic carbocycles. The summed E-state index contributed by atoms with van der Waals surface area (Å²) in [6, 6.07) is 1.56. The van der Waals surface area contributed by atoms with Gasteiger partial charge in [0.15, 0.2) is 0 Å². The number of imidazole rings is 1. The smallest absolute Gasteiger partial charge is 0.140 e. The van der Waals surface area contributed by atoms with E-state index in [4.69, 9.17) is 0 Å². The van der Waals surface area contributed by atoms with Crippen LogP contribution in [0.4, 0.5) is 4.39 Å². The molecule has 0 saturated carbocycles. The van der Waals surface area contributed by atoms with Gasteiger partial charge in [0.2, 0.25) is 0 Å². The van der Waals surface area contributed by atoms with Crippen molar-refractivity contribution in [1.82, 2.24) is 9.38 Å². The first-order chi connectivity index (χ1) is 6.48. The lowest BCUT2D eigenvalue weighted by Gasteiger charge is -2.19. The molecule has 3 heteroatoms. The monoisotopic (exact) mass is 192 g/mol. The molecule has 2 aromatic rings. The molecule has 2 nitrogen and oxygen atoms in total. The van der Waals surface area contributed by atoms with Gasteiger partial charge in [-0.25, -0.2) is 9.37 Å². The van der Waals surface area contributed by atoms with Gasteiger partial charge in [-0.15, -0.1) is 0 Å². The van der Waals surface area contributed by atoms with Crippen molar-refractivity contribution < 1.29 is 4.39 Å². The standard InChI is InChI=1S/C11H13FN2/c1-11(2,3)9-6-8(12)7-14-5-4-13-10(9)14/h4-7H,1-3H3. The van der Waals surface area contributed by atoms with Crippen molar-refractivity contribution in [2.45, 2.75) is 26.2 Å². The molecule has 0 aliphatic heterocycles. The Labute approximate surface area is 82.4 Å². The summed E-state index contributed by atoms with van der Waals surface area (Å²) >= 11 is 0. The third-order valence-corrected chi connectivity index (χ3v) is 2.26. The van der Waals surface area contributed by atoms with Crippen LogP contribution in [0.2, 0.25) is 0 Å². The Morgan fingerprint density at radius 1 is 1.36 bits per heavy atom.